The molecule has 0 aromatic rings. The van der Waals surface area contributed by atoms with E-state index in [1.165, 1.54) is 0 Å². The molecule has 0 saturated heterocycles. The van der Waals surface area contributed by atoms with Gasteiger partial charge in [-0.25, -0.2) is 8.78 Å². The van der Waals surface area contributed by atoms with E-state index in [0.29, 0.717) is 12.8 Å². The number of halogens is 2. The van der Waals surface area contributed by atoms with Gasteiger partial charge in [-0.15, -0.1) is 0 Å². The molecule has 2 rings (SSSR count). The molecule has 64 valence electrons. The molecule has 0 amide bonds. The van der Waals surface area contributed by atoms with Crippen molar-refractivity contribution in [2.45, 2.75) is 44.1 Å². The second-order valence-corrected chi connectivity index (χ2v) is 4.02. The van der Waals surface area contributed by atoms with Crippen LogP contribution in [0.2, 0.25) is 0 Å². The Hall–Kier alpha value is -0.180. The molecular formula is C8H13F2N. The van der Waals surface area contributed by atoms with Crippen LogP contribution in [-0.2, 0) is 0 Å². The highest BCUT2D eigenvalue weighted by Gasteiger charge is 2.70. The first-order chi connectivity index (χ1) is 5.06. The summed E-state index contributed by atoms with van der Waals surface area (Å²) < 4.78 is 25.6. The predicted octanol–water partition coefficient (Wildman–Crippen LogP) is 1.91. The van der Waals surface area contributed by atoms with Crippen molar-refractivity contribution < 1.29 is 8.78 Å². The van der Waals surface area contributed by atoms with Gasteiger partial charge in [-0.3, -0.25) is 0 Å². The van der Waals surface area contributed by atoms with E-state index in [1.54, 1.807) is 0 Å². The highest BCUT2D eigenvalue weighted by atomic mass is 19.3. The number of alkyl halides is 2. The molecule has 2 fully saturated rings. The first-order valence-electron chi connectivity index (χ1n) is 4.19. The third kappa shape index (κ3) is 0.975. The fourth-order valence-corrected chi connectivity index (χ4v) is 2.28. The number of hydrogen-bond donors (Lipinski definition) is 1. The standard InChI is InChI=1S/C8H13F2N/c9-8(10)5-7(8)3-1-2-6(11)4-7/h6H,1-5,11H2. The lowest BCUT2D eigenvalue weighted by Crippen LogP contribution is -2.31. The summed E-state index contributed by atoms with van der Waals surface area (Å²) in [6, 6.07) is 0.0251. The van der Waals surface area contributed by atoms with E-state index >= 15 is 0 Å². The van der Waals surface area contributed by atoms with Crippen molar-refractivity contribution in [2.24, 2.45) is 11.1 Å². The maximum atomic E-state index is 12.8. The van der Waals surface area contributed by atoms with Crippen LogP contribution in [0.25, 0.3) is 0 Å². The van der Waals surface area contributed by atoms with Gasteiger partial charge >= 0.3 is 0 Å². The van der Waals surface area contributed by atoms with Gasteiger partial charge in [0.1, 0.15) is 0 Å². The molecule has 2 unspecified atom stereocenters. The molecule has 2 aliphatic rings. The van der Waals surface area contributed by atoms with Crippen molar-refractivity contribution in [3.8, 4) is 0 Å². The number of nitrogens with two attached hydrogens (primary N) is 1. The van der Waals surface area contributed by atoms with Crippen molar-refractivity contribution in [1.82, 2.24) is 0 Å². The lowest BCUT2D eigenvalue weighted by Gasteiger charge is -2.26. The lowest BCUT2D eigenvalue weighted by molar-refractivity contribution is 0.0446. The molecule has 0 radical (unpaired) electrons. The second kappa shape index (κ2) is 1.94. The molecule has 0 aliphatic heterocycles. The van der Waals surface area contributed by atoms with Gasteiger partial charge in [-0.05, 0) is 19.3 Å². The van der Waals surface area contributed by atoms with E-state index in [0.717, 1.165) is 12.8 Å². The van der Waals surface area contributed by atoms with Crippen molar-refractivity contribution >= 4 is 0 Å². The lowest BCUT2D eigenvalue weighted by atomic mass is 9.83. The van der Waals surface area contributed by atoms with Gasteiger partial charge in [0.05, 0.1) is 0 Å². The normalized spacial score (nSPS) is 47.7. The van der Waals surface area contributed by atoms with Gasteiger partial charge in [-0.2, -0.15) is 0 Å². The maximum Gasteiger partial charge on any atom is 0.254 e. The smallest absolute Gasteiger partial charge is 0.254 e. The van der Waals surface area contributed by atoms with Gasteiger partial charge in [0.25, 0.3) is 5.92 Å². The Morgan fingerprint density at radius 2 is 2.00 bits per heavy atom. The Bertz CT molecular complexity index is 181. The molecule has 2 saturated carbocycles. The average molecular weight is 161 g/mol. The zero-order chi connectivity index (χ0) is 8.11. The van der Waals surface area contributed by atoms with Crippen LogP contribution in [0.4, 0.5) is 8.78 Å². The van der Waals surface area contributed by atoms with Crippen LogP contribution in [0.3, 0.4) is 0 Å². The molecular weight excluding hydrogens is 148 g/mol. The first kappa shape index (κ1) is 7.47. The third-order valence-electron chi connectivity index (χ3n) is 3.09. The number of hydrogen-bond acceptors (Lipinski definition) is 1. The van der Waals surface area contributed by atoms with Crippen molar-refractivity contribution in [3.05, 3.63) is 0 Å². The minimum atomic E-state index is -2.38. The van der Waals surface area contributed by atoms with Gasteiger partial charge in [0.15, 0.2) is 0 Å². The highest BCUT2D eigenvalue weighted by Crippen LogP contribution is 2.67. The van der Waals surface area contributed by atoms with Crippen LogP contribution < -0.4 is 5.73 Å². The summed E-state index contributed by atoms with van der Waals surface area (Å²) in [5, 5.41) is 0. The second-order valence-electron chi connectivity index (χ2n) is 4.02. The molecule has 3 heteroatoms. The van der Waals surface area contributed by atoms with Crippen LogP contribution in [0.5, 0.6) is 0 Å². The molecule has 11 heavy (non-hydrogen) atoms. The predicted molar refractivity (Wildman–Crippen MR) is 38.4 cm³/mol. The van der Waals surface area contributed by atoms with Crippen LogP contribution in [-0.4, -0.2) is 12.0 Å². The topological polar surface area (TPSA) is 26.0 Å². The fourth-order valence-electron chi connectivity index (χ4n) is 2.28. The molecule has 0 heterocycles. The van der Waals surface area contributed by atoms with Gasteiger partial charge in [0.2, 0.25) is 0 Å². The van der Waals surface area contributed by atoms with Crippen molar-refractivity contribution in [2.75, 3.05) is 0 Å². The Kier molecular flexibility index (Phi) is 1.32. The summed E-state index contributed by atoms with van der Waals surface area (Å²) in [6.45, 7) is 0. The van der Waals surface area contributed by atoms with Gasteiger partial charge in [0, 0.05) is 17.9 Å². The maximum absolute atomic E-state index is 12.8. The average Bonchev–Trinajstić information content (AvgIpc) is 2.32. The van der Waals surface area contributed by atoms with E-state index in [1.807, 2.05) is 0 Å². The van der Waals surface area contributed by atoms with Gasteiger partial charge in [-0.1, -0.05) is 6.42 Å². The Labute approximate surface area is 65.0 Å². The summed E-state index contributed by atoms with van der Waals surface area (Å²) in [5.74, 6) is -2.38. The quantitative estimate of drug-likeness (QED) is 0.577. The zero-order valence-electron chi connectivity index (χ0n) is 6.45. The third-order valence-corrected chi connectivity index (χ3v) is 3.09. The van der Waals surface area contributed by atoms with E-state index < -0.39 is 11.3 Å². The number of rotatable bonds is 0. The summed E-state index contributed by atoms with van der Waals surface area (Å²) in [6.07, 6.45) is 3.13. The Morgan fingerprint density at radius 3 is 2.36 bits per heavy atom. The van der Waals surface area contributed by atoms with Crippen LogP contribution in [0.1, 0.15) is 32.1 Å². The Morgan fingerprint density at radius 1 is 1.36 bits per heavy atom. The molecule has 2 atom stereocenters. The summed E-state index contributed by atoms with van der Waals surface area (Å²) in [7, 11) is 0. The molecule has 0 aromatic heterocycles. The first-order valence-corrected chi connectivity index (χ1v) is 4.19. The fraction of sp³-hybridized carbons (Fsp3) is 1.00. The summed E-state index contributed by atoms with van der Waals surface area (Å²) in [5.41, 5.74) is 4.98. The van der Waals surface area contributed by atoms with Crippen molar-refractivity contribution in [3.63, 3.8) is 0 Å². The summed E-state index contributed by atoms with van der Waals surface area (Å²) >= 11 is 0. The zero-order valence-corrected chi connectivity index (χ0v) is 6.45. The monoisotopic (exact) mass is 161 g/mol. The molecule has 2 aliphatic carbocycles. The minimum absolute atomic E-state index is 0.0251. The van der Waals surface area contributed by atoms with Crippen LogP contribution in [0, 0.1) is 5.41 Å². The van der Waals surface area contributed by atoms with Crippen LogP contribution >= 0.6 is 0 Å². The van der Waals surface area contributed by atoms with E-state index in [2.05, 4.69) is 0 Å². The van der Waals surface area contributed by atoms with E-state index in [9.17, 15) is 8.78 Å². The highest BCUT2D eigenvalue weighted by molar-refractivity contribution is 5.12. The van der Waals surface area contributed by atoms with Gasteiger partial charge < -0.3 is 5.73 Å². The Balaban J connectivity index is 2.06. The minimum Gasteiger partial charge on any atom is -0.328 e. The van der Waals surface area contributed by atoms with Crippen molar-refractivity contribution in [1.29, 1.82) is 0 Å². The summed E-state index contributed by atoms with van der Waals surface area (Å²) in [4.78, 5) is 0. The van der Waals surface area contributed by atoms with Crippen LogP contribution in [0.15, 0.2) is 0 Å². The molecule has 1 nitrogen and oxygen atoms in total. The van der Waals surface area contributed by atoms with E-state index in [4.69, 9.17) is 5.73 Å². The molecule has 2 N–H and O–H groups in total. The SMILES string of the molecule is NC1CCCC2(C1)CC2(F)F. The molecule has 1 spiro atoms. The van der Waals surface area contributed by atoms with E-state index in [-0.39, 0.29) is 12.5 Å². The largest absolute Gasteiger partial charge is 0.328 e. The molecule has 0 aromatic carbocycles. The molecule has 0 bridgehead atoms.